The molecule has 0 aromatic carbocycles. The molecule has 1 heterocycles. The normalized spacial score (nSPS) is 35.0. The zero-order valence-electron chi connectivity index (χ0n) is 11.3. The van der Waals surface area contributed by atoms with Crippen LogP contribution in [0.2, 0.25) is 0 Å². The molecule has 2 fully saturated rings. The smallest absolute Gasteiger partial charge is 0.393 e. The van der Waals surface area contributed by atoms with Crippen molar-refractivity contribution in [3.05, 3.63) is 0 Å². The van der Waals surface area contributed by atoms with Crippen LogP contribution in [0.4, 0.5) is 13.2 Å². The molecule has 2 aliphatic rings. The first kappa shape index (κ1) is 15.6. The van der Waals surface area contributed by atoms with Gasteiger partial charge in [-0.15, -0.1) is 0 Å². The standard InChI is InChI=1S/C13H21F3N2O2/c14-13(15,16)12(5-6-17-8-12)11(20)18-7-9-3-1-2-4-10(9)19/h9-10,17,19H,1-8H2,(H,18,20). The van der Waals surface area contributed by atoms with E-state index in [9.17, 15) is 23.1 Å². The minimum atomic E-state index is -4.55. The number of aliphatic hydroxyl groups is 1. The third-order valence-electron chi connectivity index (χ3n) is 4.53. The van der Waals surface area contributed by atoms with Crippen LogP contribution >= 0.6 is 0 Å². The van der Waals surface area contributed by atoms with Gasteiger partial charge in [-0.25, -0.2) is 0 Å². The zero-order chi connectivity index (χ0) is 14.8. The number of carbonyl (C=O) groups is 1. The molecule has 3 atom stereocenters. The fourth-order valence-corrected chi connectivity index (χ4v) is 3.08. The first-order chi connectivity index (χ1) is 9.37. The molecule has 2 rings (SSSR count). The predicted molar refractivity (Wildman–Crippen MR) is 66.9 cm³/mol. The van der Waals surface area contributed by atoms with Crippen molar-refractivity contribution in [1.82, 2.24) is 10.6 Å². The van der Waals surface area contributed by atoms with Crippen molar-refractivity contribution in [3.63, 3.8) is 0 Å². The summed E-state index contributed by atoms with van der Waals surface area (Å²) in [5, 5.41) is 14.8. The Morgan fingerprint density at radius 3 is 2.60 bits per heavy atom. The number of nitrogens with one attached hydrogen (secondary N) is 2. The summed E-state index contributed by atoms with van der Waals surface area (Å²) in [7, 11) is 0. The Hall–Kier alpha value is -0.820. The molecular weight excluding hydrogens is 273 g/mol. The number of carbonyl (C=O) groups excluding carboxylic acids is 1. The zero-order valence-corrected chi connectivity index (χ0v) is 11.3. The Morgan fingerprint density at radius 1 is 1.35 bits per heavy atom. The van der Waals surface area contributed by atoms with Crippen LogP contribution < -0.4 is 10.6 Å². The van der Waals surface area contributed by atoms with Gasteiger partial charge in [0.2, 0.25) is 5.91 Å². The van der Waals surface area contributed by atoms with Crippen molar-refractivity contribution in [1.29, 1.82) is 0 Å². The molecule has 1 saturated carbocycles. The highest BCUT2D eigenvalue weighted by molar-refractivity contribution is 5.84. The van der Waals surface area contributed by atoms with Gasteiger partial charge in [-0.3, -0.25) is 4.79 Å². The van der Waals surface area contributed by atoms with Crippen molar-refractivity contribution in [2.75, 3.05) is 19.6 Å². The number of amides is 1. The van der Waals surface area contributed by atoms with Crippen LogP contribution in [0.15, 0.2) is 0 Å². The molecule has 116 valence electrons. The average Bonchev–Trinajstić information content (AvgIpc) is 2.87. The van der Waals surface area contributed by atoms with E-state index in [2.05, 4.69) is 10.6 Å². The number of hydrogen-bond acceptors (Lipinski definition) is 3. The molecule has 3 unspecified atom stereocenters. The van der Waals surface area contributed by atoms with Crippen molar-refractivity contribution < 1.29 is 23.1 Å². The van der Waals surface area contributed by atoms with Crippen molar-refractivity contribution in [3.8, 4) is 0 Å². The van der Waals surface area contributed by atoms with Crippen LogP contribution in [0.1, 0.15) is 32.1 Å². The first-order valence-electron chi connectivity index (χ1n) is 7.11. The summed E-state index contributed by atoms with van der Waals surface area (Å²) in [5.41, 5.74) is -2.31. The van der Waals surface area contributed by atoms with Gasteiger partial charge in [0.15, 0.2) is 5.41 Å². The van der Waals surface area contributed by atoms with Crippen LogP contribution in [-0.4, -0.2) is 42.9 Å². The molecule has 3 N–H and O–H groups in total. The topological polar surface area (TPSA) is 61.4 Å². The third kappa shape index (κ3) is 2.93. The first-order valence-corrected chi connectivity index (χ1v) is 7.11. The summed E-state index contributed by atoms with van der Waals surface area (Å²) in [5.74, 6) is -1.10. The molecule has 1 aliphatic heterocycles. The minimum absolute atomic E-state index is 0.123. The molecule has 0 radical (unpaired) electrons. The Labute approximate surface area is 116 Å². The van der Waals surface area contributed by atoms with Crippen LogP contribution in [0.3, 0.4) is 0 Å². The molecule has 1 aliphatic carbocycles. The van der Waals surface area contributed by atoms with Crippen molar-refractivity contribution >= 4 is 5.91 Å². The van der Waals surface area contributed by atoms with Crippen LogP contribution in [-0.2, 0) is 4.79 Å². The second-order valence-electron chi connectivity index (χ2n) is 5.83. The average molecular weight is 294 g/mol. The van der Waals surface area contributed by atoms with Gasteiger partial charge < -0.3 is 15.7 Å². The lowest BCUT2D eigenvalue weighted by molar-refractivity contribution is -0.216. The second-order valence-corrected chi connectivity index (χ2v) is 5.83. The summed E-state index contributed by atoms with van der Waals surface area (Å²) in [6.07, 6.45) is -2.01. The Bertz CT molecular complexity index is 354. The lowest BCUT2D eigenvalue weighted by Gasteiger charge is -2.32. The molecule has 0 aromatic heterocycles. The maximum atomic E-state index is 13.2. The highest BCUT2D eigenvalue weighted by Crippen LogP contribution is 2.43. The molecule has 0 bridgehead atoms. The largest absolute Gasteiger partial charge is 0.404 e. The number of rotatable bonds is 3. The van der Waals surface area contributed by atoms with Gasteiger partial charge in [-0.05, 0) is 25.8 Å². The van der Waals surface area contributed by atoms with Gasteiger partial charge >= 0.3 is 6.18 Å². The molecule has 0 spiro atoms. The fourth-order valence-electron chi connectivity index (χ4n) is 3.08. The Morgan fingerprint density at radius 2 is 2.05 bits per heavy atom. The van der Waals surface area contributed by atoms with Crippen LogP contribution in [0.25, 0.3) is 0 Å². The third-order valence-corrected chi connectivity index (χ3v) is 4.53. The Kier molecular flexibility index (Phi) is 4.59. The highest BCUT2D eigenvalue weighted by atomic mass is 19.4. The van der Waals surface area contributed by atoms with Gasteiger partial charge in [0, 0.05) is 19.0 Å². The molecule has 20 heavy (non-hydrogen) atoms. The summed E-state index contributed by atoms with van der Waals surface area (Å²) in [4.78, 5) is 12.0. The van der Waals surface area contributed by atoms with Crippen molar-refractivity contribution in [2.45, 2.75) is 44.4 Å². The van der Waals surface area contributed by atoms with Gasteiger partial charge in [-0.1, -0.05) is 12.8 Å². The van der Waals surface area contributed by atoms with Crippen LogP contribution in [0.5, 0.6) is 0 Å². The highest BCUT2D eigenvalue weighted by Gasteiger charge is 2.61. The number of aliphatic hydroxyl groups excluding tert-OH is 1. The summed E-state index contributed by atoms with van der Waals surface area (Å²) in [6.45, 7) is -0.0492. The summed E-state index contributed by atoms with van der Waals surface area (Å²) >= 11 is 0. The van der Waals surface area contributed by atoms with E-state index in [1.807, 2.05) is 0 Å². The molecule has 7 heteroatoms. The minimum Gasteiger partial charge on any atom is -0.393 e. The van der Waals surface area contributed by atoms with Gasteiger partial charge in [0.25, 0.3) is 0 Å². The lowest BCUT2D eigenvalue weighted by Crippen LogP contribution is -2.53. The van der Waals surface area contributed by atoms with Gasteiger partial charge in [0.1, 0.15) is 0 Å². The summed E-state index contributed by atoms with van der Waals surface area (Å²) < 4.78 is 39.5. The van der Waals surface area contributed by atoms with E-state index in [1.54, 1.807) is 0 Å². The van der Waals surface area contributed by atoms with Gasteiger partial charge in [0.05, 0.1) is 6.10 Å². The van der Waals surface area contributed by atoms with E-state index >= 15 is 0 Å². The van der Waals surface area contributed by atoms with E-state index in [0.29, 0.717) is 6.42 Å². The number of halogens is 3. The lowest BCUT2D eigenvalue weighted by atomic mass is 9.83. The number of alkyl halides is 3. The molecule has 4 nitrogen and oxygen atoms in total. The molecule has 1 amide bonds. The van der Waals surface area contributed by atoms with E-state index in [1.165, 1.54) is 0 Å². The molecule has 0 aromatic rings. The van der Waals surface area contributed by atoms with E-state index in [4.69, 9.17) is 0 Å². The van der Waals surface area contributed by atoms with E-state index < -0.39 is 23.6 Å². The number of hydrogen-bond donors (Lipinski definition) is 3. The van der Waals surface area contributed by atoms with E-state index in [0.717, 1.165) is 19.3 Å². The monoisotopic (exact) mass is 294 g/mol. The Balaban J connectivity index is 1.96. The second kappa shape index (κ2) is 5.89. The van der Waals surface area contributed by atoms with Crippen molar-refractivity contribution in [2.24, 2.45) is 11.3 Å². The summed E-state index contributed by atoms with van der Waals surface area (Å²) in [6, 6.07) is 0. The maximum Gasteiger partial charge on any atom is 0.404 e. The van der Waals surface area contributed by atoms with E-state index in [-0.39, 0.29) is 32.0 Å². The quantitative estimate of drug-likeness (QED) is 0.733. The fraction of sp³-hybridized carbons (Fsp3) is 0.923. The SMILES string of the molecule is O=C(NCC1CCCCC1O)C1(C(F)(F)F)CCNC1. The van der Waals surface area contributed by atoms with Crippen LogP contribution in [0, 0.1) is 11.3 Å². The van der Waals surface area contributed by atoms with Gasteiger partial charge in [-0.2, -0.15) is 13.2 Å². The molecule has 1 saturated heterocycles. The predicted octanol–water partition coefficient (Wildman–Crippen LogP) is 1.20. The molecular formula is C13H21F3N2O2. The maximum absolute atomic E-state index is 13.2.